The van der Waals surface area contributed by atoms with Crippen LogP contribution < -0.4 is 4.52 Å². The third-order valence-electron chi connectivity index (χ3n) is 1.36. The van der Waals surface area contributed by atoms with E-state index in [9.17, 15) is 0 Å². The maximum absolute atomic E-state index is 4.95. The molecule has 2 aromatic heterocycles. The molecule has 0 aromatic carbocycles. The van der Waals surface area contributed by atoms with Gasteiger partial charge in [-0.25, -0.2) is 5.10 Å². The minimum atomic E-state index is 0. The van der Waals surface area contributed by atoms with E-state index in [1.54, 1.807) is 16.8 Å². The van der Waals surface area contributed by atoms with Gasteiger partial charge in [0, 0.05) is 27.5 Å². The number of rotatable bonds is 1. The van der Waals surface area contributed by atoms with Crippen molar-refractivity contribution < 1.29 is 37.2 Å². The van der Waals surface area contributed by atoms with Gasteiger partial charge in [-0.15, -0.1) is 0 Å². The van der Waals surface area contributed by atoms with Gasteiger partial charge in [-0.05, 0) is 6.20 Å². The number of aromatic nitrogens is 3. The fraction of sp³-hybridized carbons (Fsp3) is 0. The molecule has 12 heavy (non-hydrogen) atoms. The summed E-state index contributed by atoms with van der Waals surface area (Å²) in [6.45, 7) is 0. The largest absolute Gasteiger partial charge is 3.00 e. The maximum Gasteiger partial charge on any atom is 3.00 e. The normalized spacial score (nSPS) is 9.42. The van der Waals surface area contributed by atoms with Crippen molar-refractivity contribution in [2.45, 2.75) is 0 Å². The molecule has 0 saturated carbocycles. The molecular weight excluding hydrogens is 250 g/mol. The monoisotopic (exact) mass is 255 g/mol. The van der Waals surface area contributed by atoms with Crippen LogP contribution in [-0.4, -0.2) is 14.6 Å². The molecule has 2 aromatic rings. The first-order valence-electron chi connectivity index (χ1n) is 2.98. The van der Waals surface area contributed by atoms with Crippen LogP contribution in [0.1, 0.15) is 0 Å². The molecule has 4 nitrogen and oxygen atoms in total. The van der Waals surface area contributed by atoms with Crippen molar-refractivity contribution in [1.29, 1.82) is 0 Å². The van der Waals surface area contributed by atoms with Gasteiger partial charge in [0.1, 0.15) is 0 Å². The van der Waals surface area contributed by atoms with E-state index in [4.69, 9.17) is 4.52 Å². The Kier molecular flexibility index (Phi) is 3.57. The van der Waals surface area contributed by atoms with Gasteiger partial charge >= 0.3 is 32.7 Å². The third-order valence-corrected chi connectivity index (χ3v) is 1.61. The Bertz CT molecular complexity index is 378. The first kappa shape index (κ1) is 10.0. The minimum absolute atomic E-state index is 0. The van der Waals surface area contributed by atoms with Crippen molar-refractivity contribution in [3.8, 4) is 5.75 Å². The molecule has 56 valence electrons. The van der Waals surface area contributed by atoms with Gasteiger partial charge in [-0.1, -0.05) is 6.07 Å². The molecule has 2 heterocycles. The van der Waals surface area contributed by atoms with Crippen LogP contribution in [-0.2, 0) is 32.7 Å². The van der Waals surface area contributed by atoms with Gasteiger partial charge in [0.25, 0.3) is 0 Å². The molecule has 0 aliphatic rings. The molecule has 1 atom stereocenters. The van der Waals surface area contributed by atoms with Crippen molar-refractivity contribution >= 4 is 15.0 Å². The second kappa shape index (κ2) is 4.26. The number of hydrogen-bond donors (Lipinski definition) is 0. The summed E-state index contributed by atoms with van der Waals surface area (Å²) in [4.78, 5) is 3.75. The summed E-state index contributed by atoms with van der Waals surface area (Å²) in [5.41, 5.74) is 0.738. The summed E-state index contributed by atoms with van der Waals surface area (Å²) in [6, 6.07) is 1.80. The van der Waals surface area contributed by atoms with Crippen LogP contribution in [0.5, 0.6) is 5.75 Å². The summed E-state index contributed by atoms with van der Waals surface area (Å²) >= 11 is 0. The fourth-order valence-electron chi connectivity index (χ4n) is 0.874. The van der Waals surface area contributed by atoms with E-state index in [2.05, 4.69) is 25.7 Å². The summed E-state index contributed by atoms with van der Waals surface area (Å²) in [7, 11) is 2.17. The van der Waals surface area contributed by atoms with E-state index in [1.165, 1.54) is 6.33 Å². The Morgan fingerprint density at radius 1 is 1.58 bits per heavy atom. The van der Waals surface area contributed by atoms with Crippen LogP contribution in [0, 0.1) is 6.20 Å². The molecule has 0 spiro atoms. The minimum Gasteiger partial charge on any atom is -0.534 e. The van der Waals surface area contributed by atoms with Crippen LogP contribution in [0.25, 0.3) is 5.52 Å². The summed E-state index contributed by atoms with van der Waals surface area (Å²) in [5, 5.41) is 3.93. The number of fused-ring (bicyclic) bond motifs is 1. The van der Waals surface area contributed by atoms with Crippen molar-refractivity contribution in [2.75, 3.05) is 0 Å². The second-order valence-corrected chi connectivity index (χ2v) is 2.20. The van der Waals surface area contributed by atoms with Gasteiger partial charge in [-0.2, -0.15) is 0 Å². The quantitative estimate of drug-likeness (QED) is 0.556. The third kappa shape index (κ3) is 1.66. The Morgan fingerprint density at radius 2 is 2.42 bits per heavy atom. The van der Waals surface area contributed by atoms with Crippen LogP contribution >= 0.6 is 9.47 Å². The molecule has 1 unspecified atom stereocenters. The smallest absolute Gasteiger partial charge is 0.534 e. The van der Waals surface area contributed by atoms with Crippen molar-refractivity contribution in [1.82, 2.24) is 14.6 Å². The van der Waals surface area contributed by atoms with Gasteiger partial charge in [0.15, 0.2) is 0 Å². The van der Waals surface area contributed by atoms with Crippen LogP contribution in [0.4, 0.5) is 0 Å². The topological polar surface area (TPSA) is 39.4 Å². The fourth-order valence-corrected chi connectivity index (χ4v) is 1.06. The Labute approximate surface area is 96.9 Å². The summed E-state index contributed by atoms with van der Waals surface area (Å²) < 4.78 is 6.60. The van der Waals surface area contributed by atoms with E-state index in [1.807, 2.05) is 0 Å². The van der Waals surface area contributed by atoms with Crippen molar-refractivity contribution in [2.24, 2.45) is 0 Å². The SMILES string of the molecule is POc1ccn2ncn[c-]c12.[Y+3]. The first-order chi connectivity index (χ1) is 5.42. The zero-order valence-electron chi connectivity index (χ0n) is 6.14. The molecule has 0 bridgehead atoms. The van der Waals surface area contributed by atoms with E-state index < -0.39 is 0 Å². The second-order valence-electron chi connectivity index (χ2n) is 1.96. The Hall–Kier alpha value is -0.0461. The van der Waals surface area contributed by atoms with Crippen LogP contribution in [0.2, 0.25) is 0 Å². The van der Waals surface area contributed by atoms with Gasteiger partial charge in [0.05, 0.1) is 5.75 Å². The molecular formula is C6H5N3OPY+2. The molecule has 0 radical (unpaired) electrons. The molecule has 6 heteroatoms. The van der Waals surface area contributed by atoms with Crippen molar-refractivity contribution in [3.05, 3.63) is 24.8 Å². The van der Waals surface area contributed by atoms with Gasteiger partial charge in [0.2, 0.25) is 0 Å². The summed E-state index contributed by atoms with van der Waals surface area (Å²) in [6.07, 6.45) is 5.98. The van der Waals surface area contributed by atoms with Crippen molar-refractivity contribution in [3.63, 3.8) is 0 Å². The van der Waals surface area contributed by atoms with Gasteiger partial charge < -0.3 is 9.51 Å². The van der Waals surface area contributed by atoms with Crippen LogP contribution in [0.3, 0.4) is 0 Å². The average molecular weight is 255 g/mol. The number of hydrogen-bond acceptors (Lipinski definition) is 3. The van der Waals surface area contributed by atoms with E-state index in [0.717, 1.165) is 5.52 Å². The van der Waals surface area contributed by atoms with E-state index in [-0.39, 0.29) is 32.7 Å². The zero-order valence-corrected chi connectivity index (χ0v) is 10.1. The Morgan fingerprint density at radius 3 is 3.17 bits per heavy atom. The predicted octanol–water partition coefficient (Wildman–Crippen LogP) is 0.696. The molecule has 2 rings (SSSR count). The summed E-state index contributed by atoms with van der Waals surface area (Å²) in [5.74, 6) is 0.704. The Balaban J connectivity index is 0.000000720. The molecule has 0 saturated heterocycles. The average Bonchev–Trinajstić information content (AvgIpc) is 2.47. The molecule has 0 aliphatic heterocycles. The standard InChI is InChI=1S/C6H5N3OP.Y/c11-10-6-1-2-9-5(6)3-7-4-8-9;/h1-2,4H,11H2;/q-1;+3. The van der Waals surface area contributed by atoms with Gasteiger partial charge in [-0.3, -0.25) is 4.52 Å². The number of nitrogens with zero attached hydrogens (tertiary/aromatic N) is 3. The first-order valence-corrected chi connectivity index (χ1v) is 3.46. The van der Waals surface area contributed by atoms with E-state index >= 15 is 0 Å². The molecule has 0 aliphatic carbocycles. The molecule has 0 fully saturated rings. The predicted molar refractivity (Wildman–Crippen MR) is 42.2 cm³/mol. The zero-order chi connectivity index (χ0) is 7.68. The van der Waals surface area contributed by atoms with Crippen LogP contribution in [0.15, 0.2) is 18.6 Å². The van der Waals surface area contributed by atoms with E-state index in [0.29, 0.717) is 5.75 Å². The maximum atomic E-state index is 4.95. The molecule has 0 N–H and O–H groups in total. The molecule has 0 amide bonds.